The van der Waals surface area contributed by atoms with Gasteiger partial charge in [-0.2, -0.15) is 0 Å². The molecule has 2 aromatic rings. The average Bonchev–Trinajstić information content (AvgIpc) is 2.24. The molecule has 5 heteroatoms. The SMILES string of the molecule is Nc1cccc(Sc2ccc(Cl)c(Cl)c2)n1. The van der Waals surface area contributed by atoms with Crippen molar-refractivity contribution in [1.29, 1.82) is 0 Å². The van der Waals surface area contributed by atoms with E-state index >= 15 is 0 Å². The first-order chi connectivity index (χ1) is 7.65. The van der Waals surface area contributed by atoms with E-state index < -0.39 is 0 Å². The molecule has 0 aliphatic carbocycles. The van der Waals surface area contributed by atoms with Crippen molar-refractivity contribution < 1.29 is 0 Å². The Hall–Kier alpha value is -0.900. The van der Waals surface area contributed by atoms with Gasteiger partial charge in [0.15, 0.2) is 0 Å². The second-order valence-corrected chi connectivity index (χ2v) is 4.99. The minimum absolute atomic E-state index is 0.505. The van der Waals surface area contributed by atoms with Crippen LogP contribution in [0.3, 0.4) is 0 Å². The van der Waals surface area contributed by atoms with Gasteiger partial charge in [-0.1, -0.05) is 41.0 Å². The van der Waals surface area contributed by atoms with Crippen molar-refractivity contribution in [3.63, 3.8) is 0 Å². The number of pyridine rings is 1. The van der Waals surface area contributed by atoms with Crippen LogP contribution in [0.1, 0.15) is 0 Å². The summed E-state index contributed by atoms with van der Waals surface area (Å²) < 4.78 is 0. The lowest BCUT2D eigenvalue weighted by atomic mass is 10.4. The molecule has 82 valence electrons. The first kappa shape index (κ1) is 11.6. The van der Waals surface area contributed by atoms with E-state index in [1.165, 1.54) is 11.8 Å². The first-order valence-corrected chi connectivity index (χ1v) is 6.08. The van der Waals surface area contributed by atoms with Crippen LogP contribution in [0.4, 0.5) is 5.82 Å². The van der Waals surface area contributed by atoms with Crippen molar-refractivity contribution in [3.8, 4) is 0 Å². The minimum atomic E-state index is 0.505. The van der Waals surface area contributed by atoms with E-state index in [9.17, 15) is 0 Å². The summed E-state index contributed by atoms with van der Waals surface area (Å²) in [7, 11) is 0. The van der Waals surface area contributed by atoms with E-state index in [-0.39, 0.29) is 0 Å². The lowest BCUT2D eigenvalue weighted by molar-refractivity contribution is 1.14. The average molecular weight is 271 g/mol. The van der Waals surface area contributed by atoms with Gasteiger partial charge in [0, 0.05) is 4.90 Å². The van der Waals surface area contributed by atoms with Crippen LogP contribution in [0, 0.1) is 0 Å². The third-order valence-electron chi connectivity index (χ3n) is 1.86. The molecule has 0 amide bonds. The van der Waals surface area contributed by atoms with Gasteiger partial charge in [-0.3, -0.25) is 0 Å². The monoisotopic (exact) mass is 270 g/mol. The molecule has 0 aliphatic rings. The Bertz CT molecular complexity index is 517. The number of hydrogen-bond acceptors (Lipinski definition) is 3. The Kier molecular flexibility index (Phi) is 3.59. The van der Waals surface area contributed by atoms with Gasteiger partial charge < -0.3 is 5.73 Å². The Morgan fingerprint density at radius 2 is 1.88 bits per heavy atom. The fourth-order valence-corrected chi connectivity index (χ4v) is 2.36. The van der Waals surface area contributed by atoms with Gasteiger partial charge in [0.05, 0.1) is 10.0 Å². The fraction of sp³-hybridized carbons (Fsp3) is 0. The van der Waals surface area contributed by atoms with Crippen LogP contribution in [-0.4, -0.2) is 4.98 Å². The molecule has 2 rings (SSSR count). The molecular weight excluding hydrogens is 263 g/mol. The highest BCUT2D eigenvalue weighted by Gasteiger charge is 2.02. The lowest BCUT2D eigenvalue weighted by Crippen LogP contribution is -1.89. The smallest absolute Gasteiger partial charge is 0.124 e. The van der Waals surface area contributed by atoms with Crippen LogP contribution in [0.2, 0.25) is 10.0 Å². The zero-order valence-corrected chi connectivity index (χ0v) is 10.5. The topological polar surface area (TPSA) is 38.9 Å². The Morgan fingerprint density at radius 3 is 2.56 bits per heavy atom. The highest BCUT2D eigenvalue weighted by atomic mass is 35.5. The van der Waals surface area contributed by atoms with E-state index in [4.69, 9.17) is 28.9 Å². The summed E-state index contributed by atoms with van der Waals surface area (Å²) in [6, 6.07) is 11.0. The van der Waals surface area contributed by atoms with Gasteiger partial charge in [0.1, 0.15) is 10.8 Å². The number of anilines is 1. The zero-order chi connectivity index (χ0) is 11.5. The maximum absolute atomic E-state index is 5.92. The molecule has 0 saturated carbocycles. The Labute approximate surface area is 108 Å². The highest BCUT2D eigenvalue weighted by Crippen LogP contribution is 2.31. The molecule has 2 nitrogen and oxygen atoms in total. The molecule has 0 saturated heterocycles. The van der Waals surface area contributed by atoms with Crippen molar-refractivity contribution in [2.24, 2.45) is 0 Å². The van der Waals surface area contributed by atoms with Gasteiger partial charge in [0.2, 0.25) is 0 Å². The number of benzene rings is 1. The predicted octanol–water partition coefficient (Wildman–Crippen LogP) is 4.12. The Balaban J connectivity index is 2.24. The van der Waals surface area contributed by atoms with E-state index in [0.717, 1.165) is 9.92 Å². The van der Waals surface area contributed by atoms with Crippen LogP contribution < -0.4 is 5.73 Å². The number of nitrogens with two attached hydrogens (primary N) is 1. The maximum atomic E-state index is 5.92. The largest absolute Gasteiger partial charge is 0.384 e. The van der Waals surface area contributed by atoms with Gasteiger partial charge in [0.25, 0.3) is 0 Å². The maximum Gasteiger partial charge on any atom is 0.124 e. The van der Waals surface area contributed by atoms with Crippen molar-refractivity contribution in [2.75, 3.05) is 5.73 Å². The third kappa shape index (κ3) is 2.82. The summed E-state index contributed by atoms with van der Waals surface area (Å²) in [6.45, 7) is 0. The number of halogens is 2. The van der Waals surface area contributed by atoms with Crippen LogP contribution in [0.15, 0.2) is 46.3 Å². The van der Waals surface area contributed by atoms with Crippen molar-refractivity contribution in [2.45, 2.75) is 9.92 Å². The molecule has 0 bridgehead atoms. The quantitative estimate of drug-likeness (QED) is 0.892. The van der Waals surface area contributed by atoms with Gasteiger partial charge in [-0.05, 0) is 30.3 Å². The van der Waals surface area contributed by atoms with Crippen LogP contribution in [0.25, 0.3) is 0 Å². The van der Waals surface area contributed by atoms with E-state index in [2.05, 4.69) is 4.98 Å². The van der Waals surface area contributed by atoms with Crippen LogP contribution >= 0.6 is 35.0 Å². The molecule has 0 radical (unpaired) electrons. The molecule has 0 aliphatic heterocycles. The van der Waals surface area contributed by atoms with Crippen LogP contribution in [0.5, 0.6) is 0 Å². The Morgan fingerprint density at radius 1 is 1.06 bits per heavy atom. The van der Waals surface area contributed by atoms with Crippen molar-refractivity contribution >= 4 is 40.8 Å². The molecular formula is C11H8Cl2N2S. The standard InChI is InChI=1S/C11H8Cl2N2S/c12-8-5-4-7(6-9(8)13)16-11-3-1-2-10(14)15-11/h1-6H,(H2,14,15). The summed E-state index contributed by atoms with van der Waals surface area (Å²) in [5, 5.41) is 1.92. The molecule has 0 fully saturated rings. The summed E-state index contributed by atoms with van der Waals surface area (Å²) >= 11 is 13.2. The fourth-order valence-electron chi connectivity index (χ4n) is 1.15. The minimum Gasteiger partial charge on any atom is -0.384 e. The zero-order valence-electron chi connectivity index (χ0n) is 8.15. The second-order valence-electron chi connectivity index (χ2n) is 3.08. The predicted molar refractivity (Wildman–Crippen MR) is 69.2 cm³/mol. The summed E-state index contributed by atoms with van der Waals surface area (Å²) in [5.74, 6) is 0.505. The molecule has 0 atom stereocenters. The number of aromatic nitrogens is 1. The summed E-state index contributed by atoms with van der Waals surface area (Å²) in [4.78, 5) is 5.16. The van der Waals surface area contributed by atoms with E-state index in [1.807, 2.05) is 18.2 Å². The number of hydrogen-bond donors (Lipinski definition) is 1. The molecule has 0 spiro atoms. The van der Waals surface area contributed by atoms with Crippen molar-refractivity contribution in [1.82, 2.24) is 4.98 Å². The molecule has 2 N–H and O–H groups in total. The summed E-state index contributed by atoms with van der Waals surface area (Å²) in [6.07, 6.45) is 0. The van der Waals surface area contributed by atoms with Gasteiger partial charge >= 0.3 is 0 Å². The molecule has 1 aromatic carbocycles. The lowest BCUT2D eigenvalue weighted by Gasteiger charge is -2.03. The van der Waals surface area contributed by atoms with Gasteiger partial charge in [-0.25, -0.2) is 4.98 Å². The van der Waals surface area contributed by atoms with Crippen LogP contribution in [-0.2, 0) is 0 Å². The molecule has 1 heterocycles. The normalized spacial score (nSPS) is 10.4. The van der Waals surface area contributed by atoms with Crippen molar-refractivity contribution in [3.05, 3.63) is 46.4 Å². The molecule has 1 aromatic heterocycles. The number of nitrogens with zero attached hydrogens (tertiary/aromatic N) is 1. The van der Waals surface area contributed by atoms with E-state index in [1.54, 1.807) is 18.2 Å². The molecule has 16 heavy (non-hydrogen) atoms. The van der Waals surface area contributed by atoms with Gasteiger partial charge in [-0.15, -0.1) is 0 Å². The number of nitrogen functional groups attached to an aromatic ring is 1. The first-order valence-electron chi connectivity index (χ1n) is 4.50. The highest BCUT2D eigenvalue weighted by molar-refractivity contribution is 7.99. The summed E-state index contributed by atoms with van der Waals surface area (Å²) in [5.41, 5.74) is 5.59. The number of rotatable bonds is 2. The molecule has 0 unspecified atom stereocenters. The second kappa shape index (κ2) is 4.95. The van der Waals surface area contributed by atoms with E-state index in [0.29, 0.717) is 15.9 Å². The third-order valence-corrected chi connectivity index (χ3v) is 3.52.